The second-order valence-electron chi connectivity index (χ2n) is 5.45. The zero-order chi connectivity index (χ0) is 20.7. The number of anilines is 1. The third-order valence-electron chi connectivity index (χ3n) is 3.70. The Morgan fingerprint density at radius 2 is 1.79 bits per heavy atom. The molecule has 0 aliphatic rings. The van der Waals surface area contributed by atoms with Gasteiger partial charge in [0, 0.05) is 12.6 Å². The molecule has 150 valence electrons. The maximum atomic E-state index is 12.5. The summed E-state index contributed by atoms with van der Waals surface area (Å²) in [5, 5.41) is 2.60. The lowest BCUT2D eigenvalue weighted by Gasteiger charge is -2.11. The fourth-order valence-electron chi connectivity index (χ4n) is 2.48. The first-order chi connectivity index (χ1) is 13.4. The first-order valence-corrected chi connectivity index (χ1v) is 9.45. The Hall–Kier alpha value is -3.07. The van der Waals surface area contributed by atoms with E-state index in [1.807, 2.05) is 0 Å². The van der Waals surface area contributed by atoms with Crippen LogP contribution in [0.5, 0.6) is 5.75 Å². The van der Waals surface area contributed by atoms with Crippen molar-refractivity contribution in [2.24, 2.45) is 0 Å². The maximum absolute atomic E-state index is 12.5. The highest BCUT2D eigenvalue weighted by Gasteiger charge is 2.27. The highest BCUT2D eigenvalue weighted by molar-refractivity contribution is 7.18. The number of thiophene rings is 1. The van der Waals surface area contributed by atoms with Gasteiger partial charge < -0.3 is 25.3 Å². The summed E-state index contributed by atoms with van der Waals surface area (Å²) in [4.78, 5) is 37.2. The number of esters is 2. The number of hydrogen-bond acceptors (Lipinski definition) is 8. The molecule has 1 heterocycles. The summed E-state index contributed by atoms with van der Waals surface area (Å²) in [7, 11) is 1.45. The summed E-state index contributed by atoms with van der Waals surface area (Å²) in [5.41, 5.74) is 6.42. The van der Waals surface area contributed by atoms with Gasteiger partial charge in [0.1, 0.15) is 33.4 Å². The van der Waals surface area contributed by atoms with Crippen molar-refractivity contribution in [1.82, 2.24) is 5.32 Å². The molecule has 0 bridgehead atoms. The van der Waals surface area contributed by atoms with Crippen LogP contribution < -0.4 is 15.8 Å². The van der Waals surface area contributed by atoms with Crippen LogP contribution in [0.15, 0.2) is 24.3 Å². The molecule has 0 fully saturated rings. The smallest absolute Gasteiger partial charge is 0.342 e. The molecular weight excluding hydrogens is 384 g/mol. The molecule has 28 heavy (non-hydrogen) atoms. The molecule has 8 nitrogen and oxygen atoms in total. The molecule has 9 heteroatoms. The van der Waals surface area contributed by atoms with E-state index in [4.69, 9.17) is 19.9 Å². The Morgan fingerprint density at radius 1 is 1.07 bits per heavy atom. The maximum Gasteiger partial charge on any atom is 0.342 e. The van der Waals surface area contributed by atoms with Crippen LogP contribution in [-0.2, 0) is 16.1 Å². The average Bonchev–Trinajstić information content (AvgIpc) is 3.02. The number of ether oxygens (including phenoxy) is 3. The minimum atomic E-state index is -0.674. The van der Waals surface area contributed by atoms with Crippen molar-refractivity contribution < 1.29 is 28.6 Å². The van der Waals surface area contributed by atoms with Gasteiger partial charge in [0.25, 0.3) is 5.91 Å². The number of carbonyl (C=O) groups excluding carboxylic acids is 3. The number of carbonyl (C=O) groups is 3. The van der Waals surface area contributed by atoms with Crippen molar-refractivity contribution in [2.45, 2.75) is 20.5 Å². The molecule has 3 N–H and O–H groups in total. The second-order valence-corrected chi connectivity index (χ2v) is 6.51. The lowest BCUT2D eigenvalue weighted by Crippen LogP contribution is -2.20. The van der Waals surface area contributed by atoms with Crippen molar-refractivity contribution in [3.8, 4) is 5.75 Å². The predicted octanol–water partition coefficient (Wildman–Crippen LogP) is 2.62. The monoisotopic (exact) mass is 406 g/mol. The van der Waals surface area contributed by atoms with E-state index in [1.165, 1.54) is 7.05 Å². The number of rotatable bonds is 8. The number of hydrogen-bond donors (Lipinski definition) is 2. The standard InChI is InChI=1S/C19H22N2O6S/c1-4-25-13-9-7-6-8-11(13)18(23)27-10-12-14(19(24)26-5-2)16(20)28-15(12)17(22)21-3/h6-9H,4-5,10,20H2,1-3H3,(H,21,22). The lowest BCUT2D eigenvalue weighted by molar-refractivity contribution is 0.0446. The number of para-hydroxylation sites is 1. The summed E-state index contributed by atoms with van der Waals surface area (Å²) < 4.78 is 15.8. The van der Waals surface area contributed by atoms with Crippen LogP contribution in [0.4, 0.5) is 5.00 Å². The molecule has 0 unspecified atom stereocenters. The summed E-state index contributed by atoms with van der Waals surface area (Å²) in [6, 6.07) is 6.65. The quantitative estimate of drug-likeness (QED) is 0.647. The minimum absolute atomic E-state index is 0.0383. The number of nitrogens with two attached hydrogens (primary N) is 1. The SMILES string of the molecule is CCOC(=O)c1c(N)sc(C(=O)NC)c1COC(=O)c1ccccc1OCC. The predicted molar refractivity (Wildman–Crippen MR) is 105 cm³/mol. The van der Waals surface area contributed by atoms with Crippen molar-refractivity contribution in [2.75, 3.05) is 26.0 Å². The van der Waals surface area contributed by atoms with E-state index in [1.54, 1.807) is 38.1 Å². The first-order valence-electron chi connectivity index (χ1n) is 8.63. The van der Waals surface area contributed by atoms with Crippen molar-refractivity contribution >= 4 is 34.2 Å². The van der Waals surface area contributed by atoms with Crippen LogP contribution in [0.3, 0.4) is 0 Å². The summed E-state index contributed by atoms with van der Waals surface area (Å²) >= 11 is 0.936. The van der Waals surface area contributed by atoms with Crippen LogP contribution >= 0.6 is 11.3 Å². The van der Waals surface area contributed by atoms with E-state index in [9.17, 15) is 14.4 Å². The highest BCUT2D eigenvalue weighted by atomic mass is 32.1. The van der Waals surface area contributed by atoms with Gasteiger partial charge in [-0.05, 0) is 26.0 Å². The van der Waals surface area contributed by atoms with E-state index in [0.29, 0.717) is 12.4 Å². The van der Waals surface area contributed by atoms with Gasteiger partial charge in [0.05, 0.1) is 13.2 Å². The fraction of sp³-hybridized carbons (Fsp3) is 0.316. The van der Waals surface area contributed by atoms with Gasteiger partial charge in [-0.3, -0.25) is 4.79 Å². The van der Waals surface area contributed by atoms with Crippen LogP contribution in [0.25, 0.3) is 0 Å². The lowest BCUT2D eigenvalue weighted by atomic mass is 10.1. The number of nitrogens with one attached hydrogen (secondary N) is 1. The zero-order valence-electron chi connectivity index (χ0n) is 15.9. The van der Waals surface area contributed by atoms with Gasteiger partial charge in [0.15, 0.2) is 0 Å². The molecule has 0 aliphatic carbocycles. The molecule has 0 saturated carbocycles. The number of nitrogen functional groups attached to an aromatic ring is 1. The largest absolute Gasteiger partial charge is 0.493 e. The van der Waals surface area contributed by atoms with E-state index >= 15 is 0 Å². The van der Waals surface area contributed by atoms with Gasteiger partial charge in [-0.1, -0.05) is 12.1 Å². The molecule has 1 aromatic heterocycles. The average molecular weight is 406 g/mol. The second kappa shape index (κ2) is 9.75. The molecule has 2 aromatic rings. The highest BCUT2D eigenvalue weighted by Crippen LogP contribution is 2.33. The molecule has 1 amide bonds. The van der Waals surface area contributed by atoms with E-state index in [2.05, 4.69) is 5.32 Å². The van der Waals surface area contributed by atoms with E-state index < -0.39 is 17.8 Å². The molecule has 0 radical (unpaired) electrons. The topological polar surface area (TPSA) is 117 Å². The number of benzene rings is 1. The molecular formula is C19H22N2O6S. The summed E-state index contributed by atoms with van der Waals surface area (Å²) in [5.74, 6) is -1.37. The molecule has 0 atom stereocenters. The summed E-state index contributed by atoms with van der Waals surface area (Å²) in [6.45, 7) is 3.68. The third kappa shape index (κ3) is 4.61. The van der Waals surface area contributed by atoms with Gasteiger partial charge in [-0.25, -0.2) is 9.59 Å². The third-order valence-corrected chi connectivity index (χ3v) is 4.76. The summed E-state index contributed by atoms with van der Waals surface area (Å²) in [6.07, 6.45) is 0. The van der Waals surface area contributed by atoms with E-state index in [0.717, 1.165) is 11.3 Å². The Balaban J connectivity index is 2.33. The molecule has 0 aliphatic heterocycles. The van der Waals surface area contributed by atoms with Crippen LogP contribution in [0.1, 0.15) is 49.8 Å². The van der Waals surface area contributed by atoms with Crippen LogP contribution in [0, 0.1) is 0 Å². The van der Waals surface area contributed by atoms with Crippen LogP contribution in [0.2, 0.25) is 0 Å². The Bertz CT molecular complexity index is 877. The number of amides is 1. The zero-order valence-corrected chi connectivity index (χ0v) is 16.7. The van der Waals surface area contributed by atoms with E-state index in [-0.39, 0.29) is 39.8 Å². The van der Waals surface area contributed by atoms with Crippen molar-refractivity contribution in [3.63, 3.8) is 0 Å². The van der Waals surface area contributed by atoms with Gasteiger partial charge in [0.2, 0.25) is 0 Å². The molecule has 0 spiro atoms. The van der Waals surface area contributed by atoms with Gasteiger partial charge in [-0.15, -0.1) is 11.3 Å². The van der Waals surface area contributed by atoms with Gasteiger partial charge >= 0.3 is 11.9 Å². The van der Waals surface area contributed by atoms with Crippen molar-refractivity contribution in [1.29, 1.82) is 0 Å². The Labute approximate surface area is 166 Å². The normalized spacial score (nSPS) is 10.2. The fourth-order valence-corrected chi connectivity index (χ4v) is 3.49. The minimum Gasteiger partial charge on any atom is -0.493 e. The Morgan fingerprint density at radius 3 is 2.43 bits per heavy atom. The van der Waals surface area contributed by atoms with Gasteiger partial charge in [-0.2, -0.15) is 0 Å². The van der Waals surface area contributed by atoms with Crippen LogP contribution in [-0.4, -0.2) is 38.1 Å². The molecule has 2 rings (SSSR count). The first kappa shape index (κ1) is 21.2. The molecule has 1 aromatic carbocycles. The van der Waals surface area contributed by atoms with Crippen molar-refractivity contribution in [3.05, 3.63) is 45.8 Å². The molecule has 0 saturated heterocycles. The Kier molecular flexibility index (Phi) is 7.39.